The van der Waals surface area contributed by atoms with Crippen molar-refractivity contribution in [2.45, 2.75) is 26.2 Å². The van der Waals surface area contributed by atoms with Gasteiger partial charge >= 0.3 is 0 Å². The Bertz CT molecular complexity index is 419. The number of hydrogen-bond acceptors (Lipinski definition) is 4. The van der Waals surface area contributed by atoms with Gasteiger partial charge in [0.1, 0.15) is 11.5 Å². The lowest BCUT2D eigenvalue weighted by Crippen LogP contribution is -2.29. The lowest BCUT2D eigenvalue weighted by atomic mass is 10.0. The molecule has 1 aromatic carbocycles. The largest absolute Gasteiger partial charge is 0.496 e. The van der Waals surface area contributed by atoms with Crippen molar-refractivity contribution in [2.24, 2.45) is 5.84 Å². The van der Waals surface area contributed by atoms with Crippen molar-refractivity contribution in [3.63, 3.8) is 0 Å². The van der Waals surface area contributed by atoms with Crippen LogP contribution in [0, 0.1) is 6.92 Å². The van der Waals surface area contributed by atoms with Gasteiger partial charge in [-0.05, 0) is 31.4 Å². The van der Waals surface area contributed by atoms with Crippen LogP contribution < -0.4 is 20.7 Å². The SMILES string of the molecule is COc1ccc(CCCC(=O)NN)c(OC)c1C. The van der Waals surface area contributed by atoms with E-state index in [2.05, 4.69) is 5.43 Å². The van der Waals surface area contributed by atoms with Gasteiger partial charge in [-0.15, -0.1) is 0 Å². The number of nitrogens with one attached hydrogen (secondary N) is 1. The van der Waals surface area contributed by atoms with Gasteiger partial charge in [0.2, 0.25) is 5.91 Å². The second-order valence-electron chi connectivity index (χ2n) is 4.01. The van der Waals surface area contributed by atoms with Crippen molar-refractivity contribution in [2.75, 3.05) is 14.2 Å². The number of carbonyl (C=O) groups is 1. The standard InChI is InChI=1S/C13H20N2O3/c1-9-11(17-2)8-7-10(13(9)18-3)5-4-6-12(16)15-14/h7-8H,4-6,14H2,1-3H3,(H,15,16). The number of amides is 1. The predicted octanol–water partition coefficient (Wildman–Crippen LogP) is 1.32. The van der Waals surface area contributed by atoms with Gasteiger partial charge in [-0.25, -0.2) is 5.84 Å². The van der Waals surface area contributed by atoms with E-state index >= 15 is 0 Å². The maximum absolute atomic E-state index is 11.0. The van der Waals surface area contributed by atoms with E-state index in [9.17, 15) is 4.79 Å². The predicted molar refractivity (Wildman–Crippen MR) is 69.6 cm³/mol. The third-order valence-electron chi connectivity index (χ3n) is 2.87. The Kier molecular flexibility index (Phi) is 5.45. The van der Waals surface area contributed by atoms with Crippen LogP contribution in [-0.2, 0) is 11.2 Å². The fraction of sp³-hybridized carbons (Fsp3) is 0.462. The molecule has 100 valence electrons. The summed E-state index contributed by atoms with van der Waals surface area (Å²) in [6.45, 7) is 1.95. The third-order valence-corrected chi connectivity index (χ3v) is 2.87. The van der Waals surface area contributed by atoms with Gasteiger partial charge in [0.25, 0.3) is 0 Å². The molecule has 1 aromatic rings. The summed E-state index contributed by atoms with van der Waals surface area (Å²) in [5.41, 5.74) is 4.16. The number of hydrazine groups is 1. The summed E-state index contributed by atoms with van der Waals surface area (Å²) in [7, 11) is 3.27. The monoisotopic (exact) mass is 252 g/mol. The normalized spacial score (nSPS) is 10.0. The van der Waals surface area contributed by atoms with E-state index in [1.807, 2.05) is 19.1 Å². The van der Waals surface area contributed by atoms with Crippen LogP contribution in [-0.4, -0.2) is 20.1 Å². The molecule has 5 nitrogen and oxygen atoms in total. The molecule has 3 N–H and O–H groups in total. The first kappa shape index (κ1) is 14.3. The highest BCUT2D eigenvalue weighted by Crippen LogP contribution is 2.32. The van der Waals surface area contributed by atoms with Gasteiger partial charge in [0, 0.05) is 12.0 Å². The molecule has 0 aliphatic carbocycles. The zero-order valence-corrected chi connectivity index (χ0v) is 11.1. The molecule has 0 aliphatic heterocycles. The number of hydrogen-bond donors (Lipinski definition) is 2. The number of methoxy groups -OCH3 is 2. The number of benzene rings is 1. The fourth-order valence-corrected chi connectivity index (χ4v) is 1.94. The highest BCUT2D eigenvalue weighted by Gasteiger charge is 2.11. The number of ether oxygens (including phenoxy) is 2. The summed E-state index contributed by atoms with van der Waals surface area (Å²) in [5.74, 6) is 6.50. The molecular formula is C13H20N2O3. The summed E-state index contributed by atoms with van der Waals surface area (Å²) in [6.07, 6.45) is 1.90. The van der Waals surface area contributed by atoms with Gasteiger partial charge in [0.05, 0.1) is 14.2 Å². The van der Waals surface area contributed by atoms with Gasteiger partial charge in [-0.3, -0.25) is 10.2 Å². The molecule has 0 aromatic heterocycles. The van der Waals surface area contributed by atoms with Crippen LogP contribution in [0.1, 0.15) is 24.0 Å². The van der Waals surface area contributed by atoms with Crippen molar-refractivity contribution < 1.29 is 14.3 Å². The molecule has 0 heterocycles. The Morgan fingerprint density at radius 1 is 1.33 bits per heavy atom. The summed E-state index contributed by atoms with van der Waals surface area (Å²) in [4.78, 5) is 11.0. The Labute approximate surface area is 107 Å². The van der Waals surface area contributed by atoms with Crippen molar-refractivity contribution in [1.29, 1.82) is 0 Å². The Balaban J connectivity index is 2.77. The molecule has 0 aliphatic rings. The summed E-state index contributed by atoms with van der Waals surface area (Å²) < 4.78 is 10.6. The summed E-state index contributed by atoms with van der Waals surface area (Å²) in [5, 5.41) is 0. The molecule has 0 spiro atoms. The van der Waals surface area contributed by atoms with Crippen LogP contribution in [0.2, 0.25) is 0 Å². The van der Waals surface area contributed by atoms with Gasteiger partial charge in [0.15, 0.2) is 0 Å². The molecule has 0 bridgehead atoms. The molecule has 1 amide bonds. The highest BCUT2D eigenvalue weighted by atomic mass is 16.5. The minimum Gasteiger partial charge on any atom is -0.496 e. The summed E-state index contributed by atoms with van der Waals surface area (Å²) >= 11 is 0. The molecule has 0 saturated heterocycles. The quantitative estimate of drug-likeness (QED) is 0.455. The molecule has 0 atom stereocenters. The van der Waals surface area contributed by atoms with Crippen LogP contribution >= 0.6 is 0 Å². The molecule has 0 unspecified atom stereocenters. The van der Waals surface area contributed by atoms with Crippen LogP contribution in [0.4, 0.5) is 0 Å². The van der Waals surface area contributed by atoms with Crippen LogP contribution in [0.25, 0.3) is 0 Å². The van der Waals surface area contributed by atoms with E-state index in [-0.39, 0.29) is 5.91 Å². The first-order chi connectivity index (χ1) is 8.63. The maximum Gasteiger partial charge on any atom is 0.233 e. The molecule has 5 heteroatoms. The topological polar surface area (TPSA) is 73.6 Å². The zero-order valence-electron chi connectivity index (χ0n) is 11.1. The zero-order chi connectivity index (χ0) is 13.5. The average Bonchev–Trinajstić information content (AvgIpc) is 2.39. The van der Waals surface area contributed by atoms with Crippen LogP contribution in [0.5, 0.6) is 11.5 Å². The Morgan fingerprint density at radius 2 is 2.06 bits per heavy atom. The van der Waals surface area contributed by atoms with Crippen molar-refractivity contribution in [3.8, 4) is 11.5 Å². The van der Waals surface area contributed by atoms with E-state index in [4.69, 9.17) is 15.3 Å². The van der Waals surface area contributed by atoms with E-state index in [0.717, 1.165) is 35.5 Å². The van der Waals surface area contributed by atoms with E-state index in [0.29, 0.717) is 6.42 Å². The first-order valence-corrected chi connectivity index (χ1v) is 5.84. The molecule has 0 fully saturated rings. The van der Waals surface area contributed by atoms with Gasteiger partial charge < -0.3 is 9.47 Å². The molecule has 0 radical (unpaired) electrons. The Morgan fingerprint density at radius 3 is 2.61 bits per heavy atom. The van der Waals surface area contributed by atoms with Crippen LogP contribution in [0.15, 0.2) is 12.1 Å². The second kappa shape index (κ2) is 6.86. The number of nitrogens with two attached hydrogens (primary N) is 1. The van der Waals surface area contributed by atoms with E-state index in [1.54, 1.807) is 14.2 Å². The lowest BCUT2D eigenvalue weighted by molar-refractivity contribution is -0.121. The van der Waals surface area contributed by atoms with Gasteiger partial charge in [-0.1, -0.05) is 6.07 Å². The number of rotatable bonds is 6. The van der Waals surface area contributed by atoms with Gasteiger partial charge in [-0.2, -0.15) is 0 Å². The maximum atomic E-state index is 11.0. The van der Waals surface area contributed by atoms with Crippen LogP contribution in [0.3, 0.4) is 0 Å². The smallest absolute Gasteiger partial charge is 0.233 e. The summed E-state index contributed by atoms with van der Waals surface area (Å²) in [6, 6.07) is 3.88. The first-order valence-electron chi connectivity index (χ1n) is 5.84. The van der Waals surface area contributed by atoms with E-state index < -0.39 is 0 Å². The minimum absolute atomic E-state index is 0.154. The molecule has 1 rings (SSSR count). The molecule has 0 saturated carbocycles. The van der Waals surface area contributed by atoms with Crippen molar-refractivity contribution in [1.82, 2.24) is 5.43 Å². The number of aryl methyl sites for hydroxylation is 1. The molecular weight excluding hydrogens is 232 g/mol. The Hall–Kier alpha value is -1.75. The van der Waals surface area contributed by atoms with Crippen molar-refractivity contribution >= 4 is 5.91 Å². The second-order valence-corrected chi connectivity index (χ2v) is 4.01. The third kappa shape index (κ3) is 3.37. The molecule has 18 heavy (non-hydrogen) atoms. The van der Waals surface area contributed by atoms with E-state index in [1.165, 1.54) is 0 Å². The lowest BCUT2D eigenvalue weighted by Gasteiger charge is -2.14. The minimum atomic E-state index is -0.154. The highest BCUT2D eigenvalue weighted by molar-refractivity contribution is 5.75. The number of carbonyl (C=O) groups excluding carboxylic acids is 1. The average molecular weight is 252 g/mol. The fourth-order valence-electron chi connectivity index (χ4n) is 1.94. The van der Waals surface area contributed by atoms with Crippen molar-refractivity contribution in [3.05, 3.63) is 23.3 Å².